The van der Waals surface area contributed by atoms with Crippen molar-refractivity contribution in [1.29, 1.82) is 0 Å². The van der Waals surface area contributed by atoms with Crippen LogP contribution in [0.4, 0.5) is 4.79 Å². The molecule has 0 radical (unpaired) electrons. The van der Waals surface area contributed by atoms with Crippen molar-refractivity contribution in [1.82, 2.24) is 16.0 Å². The van der Waals surface area contributed by atoms with Crippen LogP contribution in [0.5, 0.6) is 0 Å². The van der Waals surface area contributed by atoms with E-state index < -0.39 is 24.6 Å². The minimum atomic E-state index is -1.14. The van der Waals surface area contributed by atoms with Crippen molar-refractivity contribution >= 4 is 17.9 Å². The predicted molar refractivity (Wildman–Crippen MR) is 56.9 cm³/mol. The van der Waals surface area contributed by atoms with Crippen LogP contribution in [0.1, 0.15) is 20.3 Å². The number of nitrogens with one attached hydrogen (secondary N) is 3. The molecule has 0 fully saturated rings. The molecule has 1 atom stereocenters. The number of carbonyl (C=O) groups excluding carboxylic acids is 2. The molecule has 7 heteroatoms. The molecule has 0 aliphatic carbocycles. The number of hydrogen-bond acceptors (Lipinski definition) is 3. The summed E-state index contributed by atoms with van der Waals surface area (Å²) in [5, 5.41) is 15.3. The quantitative estimate of drug-likeness (QED) is 0.484. The summed E-state index contributed by atoms with van der Waals surface area (Å²) < 4.78 is 0. The first-order valence-corrected chi connectivity index (χ1v) is 5.01. The van der Waals surface area contributed by atoms with E-state index in [1.165, 1.54) is 6.92 Å². The molecule has 92 valence electrons. The van der Waals surface area contributed by atoms with Gasteiger partial charge in [0.25, 0.3) is 0 Å². The lowest BCUT2D eigenvalue weighted by molar-refractivity contribution is -0.135. The van der Waals surface area contributed by atoms with E-state index in [0.717, 1.165) is 6.42 Å². The smallest absolute Gasteiger partial charge is 0.323 e. The molecule has 7 nitrogen and oxygen atoms in total. The Hall–Kier alpha value is -1.79. The normalized spacial score (nSPS) is 11.4. The fraction of sp³-hybridized carbons (Fsp3) is 0.667. The Morgan fingerprint density at radius 1 is 1.25 bits per heavy atom. The highest BCUT2D eigenvalue weighted by Crippen LogP contribution is 1.83. The molecule has 3 amide bonds. The Labute approximate surface area is 93.6 Å². The van der Waals surface area contributed by atoms with Gasteiger partial charge in [0.15, 0.2) is 0 Å². The third-order valence-electron chi connectivity index (χ3n) is 1.69. The zero-order valence-corrected chi connectivity index (χ0v) is 9.37. The van der Waals surface area contributed by atoms with Gasteiger partial charge in [-0.3, -0.25) is 9.59 Å². The molecule has 0 aromatic carbocycles. The molecular formula is C9H17N3O4. The SMILES string of the molecule is CCCNC(=O)C(C)NC(=O)NCC(=O)O. The Balaban J connectivity index is 3.84. The summed E-state index contributed by atoms with van der Waals surface area (Å²) in [4.78, 5) is 32.5. The maximum atomic E-state index is 11.3. The van der Waals surface area contributed by atoms with Gasteiger partial charge in [0, 0.05) is 6.54 Å². The Bertz CT molecular complexity index is 267. The van der Waals surface area contributed by atoms with Gasteiger partial charge in [-0.15, -0.1) is 0 Å². The van der Waals surface area contributed by atoms with Gasteiger partial charge in [0.1, 0.15) is 12.6 Å². The van der Waals surface area contributed by atoms with Gasteiger partial charge in [0.05, 0.1) is 0 Å². The number of rotatable bonds is 6. The maximum absolute atomic E-state index is 11.3. The van der Waals surface area contributed by atoms with Gasteiger partial charge < -0.3 is 21.1 Å². The lowest BCUT2D eigenvalue weighted by Crippen LogP contribution is -2.49. The van der Waals surface area contributed by atoms with E-state index in [2.05, 4.69) is 16.0 Å². The Kier molecular flexibility index (Phi) is 6.66. The van der Waals surface area contributed by atoms with E-state index in [9.17, 15) is 14.4 Å². The minimum Gasteiger partial charge on any atom is -0.480 e. The van der Waals surface area contributed by atoms with E-state index in [1.807, 2.05) is 6.92 Å². The summed E-state index contributed by atoms with van der Waals surface area (Å²) in [5.41, 5.74) is 0. The molecule has 0 aromatic heterocycles. The van der Waals surface area contributed by atoms with E-state index >= 15 is 0 Å². The van der Waals surface area contributed by atoms with Crippen molar-refractivity contribution in [3.63, 3.8) is 0 Å². The molecular weight excluding hydrogens is 214 g/mol. The first kappa shape index (κ1) is 14.2. The second-order valence-corrected chi connectivity index (χ2v) is 3.23. The molecule has 4 N–H and O–H groups in total. The standard InChI is InChI=1S/C9H17N3O4/c1-3-4-10-8(15)6(2)12-9(16)11-5-7(13)14/h6H,3-5H2,1-2H3,(H,10,15)(H,13,14)(H2,11,12,16). The second-order valence-electron chi connectivity index (χ2n) is 3.23. The number of carboxylic acid groups (broad SMARTS) is 1. The topological polar surface area (TPSA) is 108 Å². The highest BCUT2D eigenvalue weighted by molar-refractivity contribution is 5.87. The average molecular weight is 231 g/mol. The number of hydrogen-bond donors (Lipinski definition) is 4. The van der Waals surface area contributed by atoms with Crippen LogP contribution in [0, 0.1) is 0 Å². The van der Waals surface area contributed by atoms with Crippen LogP contribution in [0.3, 0.4) is 0 Å². The highest BCUT2D eigenvalue weighted by atomic mass is 16.4. The molecule has 0 aromatic rings. The predicted octanol–water partition coefficient (Wildman–Crippen LogP) is -0.715. The fourth-order valence-corrected chi connectivity index (χ4v) is 0.870. The maximum Gasteiger partial charge on any atom is 0.323 e. The van der Waals surface area contributed by atoms with Crippen molar-refractivity contribution in [2.45, 2.75) is 26.3 Å². The first-order chi connectivity index (χ1) is 7.47. The average Bonchev–Trinajstić information content (AvgIpc) is 2.22. The molecule has 0 saturated heterocycles. The Morgan fingerprint density at radius 3 is 2.38 bits per heavy atom. The van der Waals surface area contributed by atoms with E-state index in [-0.39, 0.29) is 5.91 Å². The van der Waals surface area contributed by atoms with E-state index in [1.54, 1.807) is 0 Å². The van der Waals surface area contributed by atoms with Crippen LogP contribution in [-0.2, 0) is 9.59 Å². The summed E-state index contributed by atoms with van der Waals surface area (Å²) in [6.45, 7) is 3.50. The number of amides is 3. The number of urea groups is 1. The van der Waals surface area contributed by atoms with Gasteiger partial charge in [-0.25, -0.2) is 4.79 Å². The molecule has 0 aliphatic heterocycles. The molecule has 0 saturated carbocycles. The highest BCUT2D eigenvalue weighted by Gasteiger charge is 2.14. The van der Waals surface area contributed by atoms with Crippen LogP contribution < -0.4 is 16.0 Å². The zero-order valence-electron chi connectivity index (χ0n) is 9.37. The second kappa shape index (κ2) is 7.49. The van der Waals surface area contributed by atoms with Crippen LogP contribution in [0.2, 0.25) is 0 Å². The lowest BCUT2D eigenvalue weighted by Gasteiger charge is -2.13. The summed E-state index contributed by atoms with van der Waals surface area (Å²) in [7, 11) is 0. The summed E-state index contributed by atoms with van der Waals surface area (Å²) in [6.07, 6.45) is 0.809. The number of carboxylic acids is 1. The molecule has 0 bridgehead atoms. The number of aliphatic carboxylic acids is 1. The van der Waals surface area contributed by atoms with Gasteiger partial charge in [-0.2, -0.15) is 0 Å². The lowest BCUT2D eigenvalue weighted by atomic mass is 10.3. The minimum absolute atomic E-state index is 0.299. The molecule has 0 spiro atoms. The van der Waals surface area contributed by atoms with Gasteiger partial charge in [-0.1, -0.05) is 6.92 Å². The third-order valence-corrected chi connectivity index (χ3v) is 1.69. The van der Waals surface area contributed by atoms with E-state index in [0.29, 0.717) is 6.54 Å². The number of carbonyl (C=O) groups is 3. The summed E-state index contributed by atoms with van der Waals surface area (Å²) in [5.74, 6) is -1.44. The molecule has 0 aliphatic rings. The zero-order chi connectivity index (χ0) is 12.6. The third kappa shape index (κ3) is 6.63. The summed E-state index contributed by atoms with van der Waals surface area (Å²) >= 11 is 0. The molecule has 16 heavy (non-hydrogen) atoms. The van der Waals surface area contributed by atoms with Crippen molar-refractivity contribution in [2.75, 3.05) is 13.1 Å². The van der Waals surface area contributed by atoms with E-state index in [4.69, 9.17) is 5.11 Å². The van der Waals surface area contributed by atoms with Crippen molar-refractivity contribution in [3.05, 3.63) is 0 Å². The summed E-state index contributed by atoms with van der Waals surface area (Å²) in [6, 6.07) is -1.37. The van der Waals surface area contributed by atoms with Crippen LogP contribution >= 0.6 is 0 Å². The van der Waals surface area contributed by atoms with Gasteiger partial charge in [0.2, 0.25) is 5.91 Å². The van der Waals surface area contributed by atoms with Crippen molar-refractivity contribution in [3.8, 4) is 0 Å². The van der Waals surface area contributed by atoms with Crippen molar-refractivity contribution in [2.24, 2.45) is 0 Å². The van der Waals surface area contributed by atoms with Crippen LogP contribution in [0.15, 0.2) is 0 Å². The van der Waals surface area contributed by atoms with Crippen LogP contribution in [0.25, 0.3) is 0 Å². The van der Waals surface area contributed by atoms with Gasteiger partial charge >= 0.3 is 12.0 Å². The van der Waals surface area contributed by atoms with Gasteiger partial charge in [-0.05, 0) is 13.3 Å². The monoisotopic (exact) mass is 231 g/mol. The molecule has 1 unspecified atom stereocenters. The Morgan fingerprint density at radius 2 is 1.88 bits per heavy atom. The van der Waals surface area contributed by atoms with Crippen molar-refractivity contribution < 1.29 is 19.5 Å². The van der Waals surface area contributed by atoms with Crippen LogP contribution in [-0.4, -0.2) is 42.1 Å². The first-order valence-electron chi connectivity index (χ1n) is 5.01. The largest absolute Gasteiger partial charge is 0.480 e. The molecule has 0 heterocycles. The fourth-order valence-electron chi connectivity index (χ4n) is 0.870. The molecule has 0 rings (SSSR count).